The number of aliphatic carboxylic acids is 1. The Morgan fingerprint density at radius 2 is 2.00 bits per heavy atom. The number of nitrogens with zero attached hydrogens (tertiary/aromatic N) is 7. The second-order valence-electron chi connectivity index (χ2n) is 9.22. The highest BCUT2D eigenvalue weighted by Gasteiger charge is 2.28. The Morgan fingerprint density at radius 1 is 1.21 bits per heavy atom. The van der Waals surface area contributed by atoms with Gasteiger partial charge in [0.1, 0.15) is 29.4 Å². The van der Waals surface area contributed by atoms with Gasteiger partial charge in [-0.05, 0) is 56.9 Å². The molecule has 0 aliphatic heterocycles. The molecular weight excluding hydrogens is 498 g/mol. The highest BCUT2D eigenvalue weighted by Crippen LogP contribution is 2.30. The van der Waals surface area contributed by atoms with Crippen LogP contribution in [0.5, 0.6) is 5.75 Å². The van der Waals surface area contributed by atoms with Crippen molar-refractivity contribution in [3.63, 3.8) is 0 Å². The smallest absolute Gasteiger partial charge is 0.306 e. The average Bonchev–Trinajstić information content (AvgIpc) is 3.50. The van der Waals surface area contributed by atoms with Gasteiger partial charge in [-0.15, -0.1) is 10.2 Å². The number of ether oxygens (including phenoxy) is 1. The summed E-state index contributed by atoms with van der Waals surface area (Å²) in [5.74, 6) is -1.72. The van der Waals surface area contributed by atoms with Gasteiger partial charge < -0.3 is 15.2 Å². The predicted octanol–water partition coefficient (Wildman–Crippen LogP) is 3.68. The maximum atomic E-state index is 13.6. The molecule has 1 fully saturated rings. The van der Waals surface area contributed by atoms with Crippen molar-refractivity contribution in [1.29, 1.82) is 0 Å². The number of halogens is 2. The molecule has 2 atom stereocenters. The van der Waals surface area contributed by atoms with Gasteiger partial charge in [-0.1, -0.05) is 5.21 Å². The van der Waals surface area contributed by atoms with Crippen LogP contribution in [-0.4, -0.2) is 51.9 Å². The molecule has 38 heavy (non-hydrogen) atoms. The van der Waals surface area contributed by atoms with Crippen LogP contribution in [0.4, 0.5) is 14.7 Å². The number of aryl methyl sites for hydroxylation is 2. The zero-order chi connectivity index (χ0) is 26.8. The van der Waals surface area contributed by atoms with Crippen molar-refractivity contribution < 1.29 is 23.4 Å². The molecule has 0 bridgehead atoms. The van der Waals surface area contributed by atoms with E-state index in [1.165, 1.54) is 11.0 Å². The van der Waals surface area contributed by atoms with Crippen molar-refractivity contribution in [3.05, 3.63) is 59.7 Å². The number of hydrogen-bond acceptors (Lipinski definition) is 8. The van der Waals surface area contributed by atoms with E-state index < -0.39 is 17.6 Å². The third-order valence-electron chi connectivity index (χ3n) is 6.51. The maximum Gasteiger partial charge on any atom is 0.306 e. The van der Waals surface area contributed by atoms with Crippen LogP contribution in [0, 0.1) is 24.5 Å². The lowest BCUT2D eigenvalue weighted by Gasteiger charge is -2.27. The van der Waals surface area contributed by atoms with Crippen molar-refractivity contribution in [2.75, 3.05) is 5.32 Å². The fraction of sp³-hybridized carbons (Fsp3) is 0.360. The fourth-order valence-corrected chi connectivity index (χ4v) is 4.54. The Morgan fingerprint density at radius 3 is 2.74 bits per heavy atom. The van der Waals surface area contributed by atoms with E-state index in [1.807, 2.05) is 13.0 Å². The Balaban J connectivity index is 1.28. The Labute approximate surface area is 216 Å². The molecule has 13 heteroatoms. The summed E-state index contributed by atoms with van der Waals surface area (Å²) in [5, 5.41) is 25.0. The van der Waals surface area contributed by atoms with Crippen molar-refractivity contribution in [2.45, 2.75) is 45.3 Å². The summed E-state index contributed by atoms with van der Waals surface area (Å²) in [7, 11) is 1.75. The van der Waals surface area contributed by atoms with Crippen LogP contribution in [0.1, 0.15) is 37.1 Å². The van der Waals surface area contributed by atoms with Gasteiger partial charge in [0, 0.05) is 13.1 Å². The molecular formula is C25H26F2N8O3. The number of aromatic nitrogens is 7. The van der Waals surface area contributed by atoms with Gasteiger partial charge in [0.15, 0.2) is 0 Å². The van der Waals surface area contributed by atoms with Gasteiger partial charge in [-0.25, -0.2) is 28.1 Å². The second kappa shape index (κ2) is 10.5. The number of carboxylic acids is 1. The zero-order valence-corrected chi connectivity index (χ0v) is 20.8. The number of rotatable bonds is 8. The minimum atomic E-state index is -0.780. The lowest BCUT2D eigenvalue weighted by Crippen LogP contribution is -2.29. The summed E-state index contributed by atoms with van der Waals surface area (Å²) in [6.45, 7) is 2.09. The molecule has 0 saturated heterocycles. The monoisotopic (exact) mass is 524 g/mol. The van der Waals surface area contributed by atoms with E-state index in [2.05, 4.69) is 30.7 Å². The molecule has 1 aliphatic carbocycles. The first-order chi connectivity index (χ1) is 18.3. The lowest BCUT2D eigenvalue weighted by molar-refractivity contribution is -0.143. The molecule has 1 aromatic carbocycles. The molecule has 1 saturated carbocycles. The normalized spacial score (nSPS) is 17.4. The minimum Gasteiger partial charge on any atom is -0.489 e. The van der Waals surface area contributed by atoms with Gasteiger partial charge in [0.25, 0.3) is 0 Å². The first kappa shape index (κ1) is 25.2. The summed E-state index contributed by atoms with van der Waals surface area (Å²) >= 11 is 0. The zero-order valence-electron chi connectivity index (χ0n) is 20.8. The van der Waals surface area contributed by atoms with Gasteiger partial charge in [-0.2, -0.15) is 0 Å². The average molecular weight is 525 g/mol. The summed E-state index contributed by atoms with van der Waals surface area (Å²) in [6.07, 6.45) is 3.97. The second-order valence-corrected chi connectivity index (χ2v) is 9.22. The Hall–Kier alpha value is -4.42. The standard InChI is InChI=1S/C25H26F2N8O3/c1-14-22(38-19-5-3-4-15(8-19)24(36)37)7-6-20(30-14)23-21(34(2)33-31-23)12-28-25-29-13-35(32-25)18-10-16(26)9-17(27)11-18/h6-7,9-11,13,15,19H,3-5,8,12H2,1-2H3,(H,28,32)(H,36,37). The van der Waals surface area contributed by atoms with E-state index in [-0.39, 0.29) is 30.2 Å². The van der Waals surface area contributed by atoms with Crippen molar-refractivity contribution in [2.24, 2.45) is 13.0 Å². The number of carbonyl (C=O) groups is 1. The van der Waals surface area contributed by atoms with Gasteiger partial charge in [0.2, 0.25) is 5.95 Å². The molecule has 3 heterocycles. The molecule has 11 nitrogen and oxygen atoms in total. The minimum absolute atomic E-state index is 0.163. The number of hydrogen-bond donors (Lipinski definition) is 2. The molecule has 5 rings (SSSR count). The van der Waals surface area contributed by atoms with E-state index in [9.17, 15) is 18.7 Å². The predicted molar refractivity (Wildman–Crippen MR) is 132 cm³/mol. The van der Waals surface area contributed by atoms with Gasteiger partial charge in [-0.3, -0.25) is 4.79 Å². The largest absolute Gasteiger partial charge is 0.489 e. The number of benzene rings is 1. The van der Waals surface area contributed by atoms with Crippen LogP contribution < -0.4 is 10.1 Å². The highest BCUT2D eigenvalue weighted by atomic mass is 19.1. The lowest BCUT2D eigenvalue weighted by atomic mass is 9.87. The van der Waals surface area contributed by atoms with E-state index in [1.54, 1.807) is 17.8 Å². The first-order valence-corrected chi connectivity index (χ1v) is 12.1. The fourth-order valence-electron chi connectivity index (χ4n) is 4.54. The third-order valence-corrected chi connectivity index (χ3v) is 6.51. The SMILES string of the molecule is Cc1nc(-c2nnn(C)c2CNc2ncn(-c3cc(F)cc(F)c3)n2)ccc1OC1CCCC(C(=O)O)C1. The van der Waals surface area contributed by atoms with Crippen LogP contribution in [0.3, 0.4) is 0 Å². The number of pyridine rings is 1. The summed E-state index contributed by atoms with van der Waals surface area (Å²) in [6, 6.07) is 6.71. The number of nitrogens with one attached hydrogen (secondary N) is 1. The highest BCUT2D eigenvalue weighted by molar-refractivity contribution is 5.70. The molecule has 1 aliphatic rings. The van der Waals surface area contributed by atoms with Crippen LogP contribution in [0.15, 0.2) is 36.7 Å². The molecule has 0 spiro atoms. The third kappa shape index (κ3) is 5.45. The number of carboxylic acid groups (broad SMARTS) is 1. The van der Waals surface area contributed by atoms with E-state index in [0.717, 1.165) is 36.7 Å². The molecule has 2 N–H and O–H groups in total. The Bertz CT molecular complexity index is 1450. The Kier molecular flexibility index (Phi) is 6.99. The van der Waals surface area contributed by atoms with E-state index in [0.29, 0.717) is 35.7 Å². The van der Waals surface area contributed by atoms with Gasteiger partial charge >= 0.3 is 5.97 Å². The van der Waals surface area contributed by atoms with Crippen LogP contribution >= 0.6 is 0 Å². The topological polar surface area (TPSA) is 133 Å². The molecule has 0 amide bonds. The summed E-state index contributed by atoms with van der Waals surface area (Å²) in [5.41, 5.74) is 2.74. The van der Waals surface area contributed by atoms with Gasteiger partial charge in [0.05, 0.1) is 41.3 Å². The molecule has 4 aromatic rings. The van der Waals surface area contributed by atoms with Crippen molar-refractivity contribution in [1.82, 2.24) is 34.7 Å². The van der Waals surface area contributed by atoms with Crippen LogP contribution in [0.2, 0.25) is 0 Å². The van der Waals surface area contributed by atoms with Crippen molar-refractivity contribution in [3.8, 4) is 22.8 Å². The summed E-state index contributed by atoms with van der Waals surface area (Å²) in [4.78, 5) is 20.2. The first-order valence-electron chi connectivity index (χ1n) is 12.1. The van der Waals surface area contributed by atoms with Crippen LogP contribution in [-0.2, 0) is 18.4 Å². The van der Waals surface area contributed by atoms with Crippen molar-refractivity contribution >= 4 is 11.9 Å². The van der Waals surface area contributed by atoms with Crippen LogP contribution in [0.25, 0.3) is 17.1 Å². The number of anilines is 1. The molecule has 3 aromatic heterocycles. The van der Waals surface area contributed by atoms with E-state index >= 15 is 0 Å². The summed E-state index contributed by atoms with van der Waals surface area (Å²) < 4.78 is 36.1. The molecule has 198 valence electrons. The maximum absolute atomic E-state index is 13.6. The quantitative estimate of drug-likeness (QED) is 0.354. The molecule has 0 radical (unpaired) electrons. The van der Waals surface area contributed by atoms with E-state index in [4.69, 9.17) is 4.74 Å². The molecule has 2 unspecified atom stereocenters.